The minimum absolute atomic E-state index is 0.0572. The van der Waals surface area contributed by atoms with Gasteiger partial charge in [-0.05, 0) is 25.1 Å². The second kappa shape index (κ2) is 5.67. The molecule has 1 aliphatic rings. The predicted octanol–water partition coefficient (Wildman–Crippen LogP) is 1.91. The summed E-state index contributed by atoms with van der Waals surface area (Å²) < 4.78 is 7.27. The van der Waals surface area contributed by atoms with Crippen molar-refractivity contribution in [3.05, 3.63) is 42.7 Å². The second-order valence-electron chi connectivity index (χ2n) is 6.13. The van der Waals surface area contributed by atoms with Gasteiger partial charge in [-0.25, -0.2) is 9.97 Å². The van der Waals surface area contributed by atoms with Crippen LogP contribution in [0.4, 0.5) is 5.82 Å². The van der Waals surface area contributed by atoms with E-state index in [9.17, 15) is 4.79 Å². The van der Waals surface area contributed by atoms with Crippen molar-refractivity contribution in [2.45, 2.75) is 13.0 Å². The zero-order valence-corrected chi connectivity index (χ0v) is 13.7. The molecule has 1 atom stereocenters. The summed E-state index contributed by atoms with van der Waals surface area (Å²) >= 11 is 0. The minimum Gasteiger partial charge on any atom is -0.459 e. The minimum atomic E-state index is -0.0572. The smallest absolute Gasteiger partial charge is 0.289 e. The molecule has 4 heterocycles. The Hall–Kier alpha value is -2.83. The highest BCUT2D eigenvalue weighted by Gasteiger charge is 2.30. The maximum atomic E-state index is 12.5. The van der Waals surface area contributed by atoms with Crippen molar-refractivity contribution in [2.24, 2.45) is 7.05 Å². The fourth-order valence-electron chi connectivity index (χ4n) is 3.32. The molecule has 1 amide bonds. The molecule has 0 N–H and O–H groups in total. The van der Waals surface area contributed by atoms with Crippen LogP contribution in [0.15, 0.2) is 41.4 Å². The molecule has 3 aromatic heterocycles. The zero-order chi connectivity index (χ0) is 16.7. The molecule has 1 unspecified atom stereocenters. The lowest BCUT2D eigenvalue weighted by Crippen LogP contribution is -2.54. The fourth-order valence-corrected chi connectivity index (χ4v) is 3.32. The van der Waals surface area contributed by atoms with E-state index in [-0.39, 0.29) is 11.9 Å². The van der Waals surface area contributed by atoms with Crippen LogP contribution in [-0.4, -0.2) is 51.0 Å². The van der Waals surface area contributed by atoms with E-state index in [2.05, 4.69) is 21.8 Å². The van der Waals surface area contributed by atoms with Crippen molar-refractivity contribution < 1.29 is 9.21 Å². The van der Waals surface area contributed by atoms with Gasteiger partial charge in [0.05, 0.1) is 11.8 Å². The first-order valence-corrected chi connectivity index (χ1v) is 8.00. The Morgan fingerprint density at radius 3 is 2.92 bits per heavy atom. The van der Waals surface area contributed by atoms with Crippen LogP contribution >= 0.6 is 0 Å². The Kier molecular flexibility index (Phi) is 3.48. The summed E-state index contributed by atoms with van der Waals surface area (Å²) in [6.07, 6.45) is 5.12. The topological polar surface area (TPSA) is 67.4 Å². The number of hydrogen-bond acceptors (Lipinski definition) is 5. The van der Waals surface area contributed by atoms with Crippen LogP contribution in [-0.2, 0) is 7.05 Å². The van der Waals surface area contributed by atoms with Crippen molar-refractivity contribution >= 4 is 22.8 Å². The van der Waals surface area contributed by atoms with E-state index in [0.29, 0.717) is 18.8 Å². The summed E-state index contributed by atoms with van der Waals surface area (Å²) in [7, 11) is 2.00. The number of anilines is 1. The van der Waals surface area contributed by atoms with Gasteiger partial charge in [-0.15, -0.1) is 0 Å². The number of aryl methyl sites for hydroxylation is 1. The standard InChI is InChI=1S/C17H19N5O2/c1-12-10-21(17(23)14-4-3-9-24-14)7-8-22(12)16-15-13(18-11-19-16)5-6-20(15)2/h3-6,9,11-12H,7-8,10H2,1-2H3. The van der Waals surface area contributed by atoms with Crippen LogP contribution in [0.25, 0.3) is 11.0 Å². The number of furan rings is 1. The van der Waals surface area contributed by atoms with Gasteiger partial charge in [-0.3, -0.25) is 4.79 Å². The lowest BCUT2D eigenvalue weighted by molar-refractivity contribution is 0.0694. The van der Waals surface area contributed by atoms with Crippen LogP contribution in [0.3, 0.4) is 0 Å². The van der Waals surface area contributed by atoms with Gasteiger partial charge in [0.2, 0.25) is 0 Å². The van der Waals surface area contributed by atoms with Crippen LogP contribution in [0.5, 0.6) is 0 Å². The van der Waals surface area contributed by atoms with Crippen molar-refractivity contribution in [1.29, 1.82) is 0 Å². The molecular formula is C17H19N5O2. The predicted molar refractivity (Wildman–Crippen MR) is 89.9 cm³/mol. The monoisotopic (exact) mass is 325 g/mol. The van der Waals surface area contributed by atoms with Gasteiger partial charge in [-0.1, -0.05) is 0 Å². The van der Waals surface area contributed by atoms with Crippen molar-refractivity contribution in [3.8, 4) is 0 Å². The summed E-state index contributed by atoms with van der Waals surface area (Å²) in [5, 5.41) is 0. The van der Waals surface area contributed by atoms with E-state index in [1.165, 1.54) is 6.26 Å². The van der Waals surface area contributed by atoms with E-state index in [0.717, 1.165) is 23.4 Å². The molecule has 0 radical (unpaired) electrons. The average molecular weight is 325 g/mol. The number of aromatic nitrogens is 3. The van der Waals surface area contributed by atoms with Crippen LogP contribution in [0.2, 0.25) is 0 Å². The number of carbonyl (C=O) groups excluding carboxylic acids is 1. The first-order valence-electron chi connectivity index (χ1n) is 8.00. The Balaban J connectivity index is 1.59. The van der Waals surface area contributed by atoms with Crippen LogP contribution < -0.4 is 4.90 Å². The van der Waals surface area contributed by atoms with Gasteiger partial charge in [0.25, 0.3) is 5.91 Å². The normalized spacial score (nSPS) is 18.3. The highest BCUT2D eigenvalue weighted by molar-refractivity contribution is 5.92. The van der Waals surface area contributed by atoms with E-state index >= 15 is 0 Å². The third kappa shape index (κ3) is 2.33. The molecule has 7 nitrogen and oxygen atoms in total. The lowest BCUT2D eigenvalue weighted by atomic mass is 10.1. The fraction of sp³-hybridized carbons (Fsp3) is 0.353. The molecule has 0 spiro atoms. The Morgan fingerprint density at radius 1 is 1.29 bits per heavy atom. The van der Waals surface area contributed by atoms with Gasteiger partial charge >= 0.3 is 0 Å². The van der Waals surface area contributed by atoms with Crippen molar-refractivity contribution in [3.63, 3.8) is 0 Å². The molecule has 24 heavy (non-hydrogen) atoms. The van der Waals surface area contributed by atoms with Crippen LogP contribution in [0.1, 0.15) is 17.5 Å². The number of amides is 1. The van der Waals surface area contributed by atoms with Gasteiger partial charge in [0.1, 0.15) is 11.8 Å². The van der Waals surface area contributed by atoms with E-state index < -0.39 is 0 Å². The summed E-state index contributed by atoms with van der Waals surface area (Å²) in [5.41, 5.74) is 1.96. The van der Waals surface area contributed by atoms with E-state index in [1.54, 1.807) is 18.5 Å². The Bertz CT molecular complexity index is 870. The van der Waals surface area contributed by atoms with Crippen LogP contribution in [0, 0.1) is 0 Å². The summed E-state index contributed by atoms with van der Waals surface area (Å²) in [6, 6.07) is 5.59. The number of hydrogen-bond donors (Lipinski definition) is 0. The summed E-state index contributed by atoms with van der Waals surface area (Å²) in [5.74, 6) is 1.26. The maximum absolute atomic E-state index is 12.5. The number of fused-ring (bicyclic) bond motifs is 1. The molecular weight excluding hydrogens is 306 g/mol. The Labute approximate surface area is 139 Å². The van der Waals surface area contributed by atoms with E-state index in [1.807, 2.05) is 28.8 Å². The lowest BCUT2D eigenvalue weighted by Gasteiger charge is -2.40. The van der Waals surface area contributed by atoms with Gasteiger partial charge in [0.15, 0.2) is 11.6 Å². The number of nitrogens with zero attached hydrogens (tertiary/aromatic N) is 5. The van der Waals surface area contributed by atoms with Gasteiger partial charge < -0.3 is 18.8 Å². The molecule has 124 valence electrons. The molecule has 1 aliphatic heterocycles. The molecule has 3 aromatic rings. The number of piperazine rings is 1. The SMILES string of the molecule is CC1CN(C(=O)c2ccco2)CCN1c1ncnc2ccn(C)c12. The third-order valence-electron chi connectivity index (χ3n) is 4.56. The first-order chi connectivity index (χ1) is 11.6. The second-order valence-corrected chi connectivity index (χ2v) is 6.13. The largest absolute Gasteiger partial charge is 0.459 e. The number of carbonyl (C=O) groups is 1. The number of rotatable bonds is 2. The van der Waals surface area contributed by atoms with Gasteiger partial charge in [-0.2, -0.15) is 0 Å². The highest BCUT2D eigenvalue weighted by Crippen LogP contribution is 2.26. The molecule has 1 saturated heterocycles. The molecule has 7 heteroatoms. The molecule has 0 bridgehead atoms. The quantitative estimate of drug-likeness (QED) is 0.720. The molecule has 0 saturated carbocycles. The average Bonchev–Trinajstić information content (AvgIpc) is 3.24. The Morgan fingerprint density at radius 2 is 2.17 bits per heavy atom. The summed E-state index contributed by atoms with van der Waals surface area (Å²) in [6.45, 7) is 4.11. The molecule has 0 aliphatic carbocycles. The maximum Gasteiger partial charge on any atom is 0.289 e. The summed E-state index contributed by atoms with van der Waals surface area (Å²) in [4.78, 5) is 25.4. The third-order valence-corrected chi connectivity index (χ3v) is 4.56. The molecule has 0 aromatic carbocycles. The molecule has 4 rings (SSSR count). The zero-order valence-electron chi connectivity index (χ0n) is 13.7. The van der Waals surface area contributed by atoms with Crippen molar-refractivity contribution in [1.82, 2.24) is 19.4 Å². The van der Waals surface area contributed by atoms with Gasteiger partial charge in [0, 0.05) is 38.9 Å². The molecule has 1 fully saturated rings. The first kappa shape index (κ1) is 14.7. The van der Waals surface area contributed by atoms with E-state index in [4.69, 9.17) is 4.42 Å². The highest BCUT2D eigenvalue weighted by atomic mass is 16.3. The van der Waals surface area contributed by atoms with Crippen molar-refractivity contribution in [2.75, 3.05) is 24.5 Å².